The molecule has 19 heavy (non-hydrogen) atoms. The van der Waals surface area contributed by atoms with Crippen LogP contribution in [0.2, 0.25) is 5.02 Å². The Kier molecular flexibility index (Phi) is 5.02. The van der Waals surface area contributed by atoms with Gasteiger partial charge < -0.3 is 15.2 Å². The third-order valence-corrected chi connectivity index (χ3v) is 3.95. The number of thiocarbonyl (C=S) groups is 1. The van der Waals surface area contributed by atoms with Crippen molar-refractivity contribution in [2.75, 3.05) is 7.11 Å². The van der Waals surface area contributed by atoms with Crippen molar-refractivity contribution in [3.05, 3.63) is 28.8 Å². The van der Waals surface area contributed by atoms with Crippen molar-refractivity contribution in [2.24, 2.45) is 5.73 Å². The summed E-state index contributed by atoms with van der Waals surface area (Å²) in [6, 6.07) is 5.41. The molecule has 0 aromatic heterocycles. The van der Waals surface area contributed by atoms with E-state index < -0.39 is 0 Å². The molecule has 2 N–H and O–H groups in total. The van der Waals surface area contributed by atoms with Gasteiger partial charge in [-0.3, -0.25) is 0 Å². The Morgan fingerprint density at radius 3 is 2.74 bits per heavy atom. The number of hydrogen-bond donors (Lipinski definition) is 1. The number of benzene rings is 1. The number of nitrogens with two attached hydrogens (primary N) is 1. The Bertz CT molecular complexity index is 467. The van der Waals surface area contributed by atoms with Crippen LogP contribution in [0.15, 0.2) is 18.2 Å². The van der Waals surface area contributed by atoms with Crippen molar-refractivity contribution < 1.29 is 9.47 Å². The minimum absolute atomic E-state index is 0.159. The molecule has 0 saturated heterocycles. The zero-order valence-corrected chi connectivity index (χ0v) is 12.5. The average molecular weight is 300 g/mol. The van der Waals surface area contributed by atoms with Crippen LogP contribution in [0.3, 0.4) is 0 Å². The molecule has 1 fully saturated rings. The van der Waals surface area contributed by atoms with Gasteiger partial charge in [0.1, 0.15) is 16.8 Å². The summed E-state index contributed by atoms with van der Waals surface area (Å²) in [4.78, 5) is 0.338. The van der Waals surface area contributed by atoms with Crippen molar-refractivity contribution in [3.63, 3.8) is 0 Å². The molecule has 1 aromatic carbocycles. The fourth-order valence-electron chi connectivity index (χ4n) is 2.35. The van der Waals surface area contributed by atoms with Crippen molar-refractivity contribution in [1.82, 2.24) is 0 Å². The van der Waals surface area contributed by atoms with Crippen LogP contribution in [0.5, 0.6) is 5.75 Å². The Balaban J connectivity index is 2.04. The molecule has 2 unspecified atom stereocenters. The normalized spacial score (nSPS) is 23.1. The van der Waals surface area contributed by atoms with E-state index in [9.17, 15) is 0 Å². The second kappa shape index (κ2) is 6.55. The van der Waals surface area contributed by atoms with Crippen molar-refractivity contribution in [1.29, 1.82) is 0 Å². The number of ether oxygens (including phenoxy) is 2. The fraction of sp³-hybridized carbons (Fsp3) is 0.500. The summed E-state index contributed by atoms with van der Waals surface area (Å²) >= 11 is 11.1. The van der Waals surface area contributed by atoms with Crippen molar-refractivity contribution in [2.45, 2.75) is 37.9 Å². The van der Waals surface area contributed by atoms with Gasteiger partial charge in [0, 0.05) is 19.1 Å². The largest absolute Gasteiger partial charge is 0.489 e. The lowest BCUT2D eigenvalue weighted by Crippen LogP contribution is -2.29. The monoisotopic (exact) mass is 299 g/mol. The van der Waals surface area contributed by atoms with Gasteiger partial charge in [-0.25, -0.2) is 0 Å². The molecule has 0 spiro atoms. The summed E-state index contributed by atoms with van der Waals surface area (Å²) in [7, 11) is 1.75. The first-order chi connectivity index (χ1) is 9.10. The number of methoxy groups -OCH3 is 1. The summed E-state index contributed by atoms with van der Waals surface area (Å²) < 4.78 is 11.4. The van der Waals surface area contributed by atoms with Crippen LogP contribution >= 0.6 is 23.8 Å². The summed E-state index contributed by atoms with van der Waals surface area (Å²) in [6.07, 6.45) is 4.60. The second-order valence-electron chi connectivity index (χ2n) is 4.77. The maximum atomic E-state index is 6.19. The SMILES string of the molecule is COC1CCCC(Oc2ccc(C(N)=S)cc2Cl)C1. The number of hydrogen-bond acceptors (Lipinski definition) is 3. The van der Waals surface area contributed by atoms with Gasteiger partial charge in [-0.2, -0.15) is 0 Å². The molecular weight excluding hydrogens is 282 g/mol. The third-order valence-electron chi connectivity index (χ3n) is 3.42. The molecule has 0 radical (unpaired) electrons. The predicted octanol–water partition coefficient (Wildman–Crippen LogP) is 3.31. The Morgan fingerprint density at radius 1 is 1.37 bits per heavy atom. The van der Waals surface area contributed by atoms with E-state index >= 15 is 0 Å². The minimum Gasteiger partial charge on any atom is -0.489 e. The quantitative estimate of drug-likeness (QED) is 0.866. The van der Waals surface area contributed by atoms with Gasteiger partial charge in [-0.05, 0) is 37.5 Å². The van der Waals surface area contributed by atoms with Crippen molar-refractivity contribution in [3.8, 4) is 5.75 Å². The highest BCUT2D eigenvalue weighted by molar-refractivity contribution is 7.80. The van der Waals surface area contributed by atoms with Crippen LogP contribution in [0.4, 0.5) is 0 Å². The summed E-state index contributed by atoms with van der Waals surface area (Å²) in [5, 5.41) is 0.546. The van der Waals surface area contributed by atoms with Crippen LogP contribution in [-0.4, -0.2) is 24.3 Å². The Labute approximate surface area is 124 Å². The van der Waals surface area contributed by atoms with Crippen LogP contribution in [0.1, 0.15) is 31.2 Å². The molecule has 1 saturated carbocycles. The standard InChI is InChI=1S/C14H18ClNO2S/c1-17-10-3-2-4-11(8-10)18-13-6-5-9(14(16)19)7-12(13)15/h5-7,10-11H,2-4,8H2,1H3,(H2,16,19). The third kappa shape index (κ3) is 3.81. The van der Waals surface area contributed by atoms with Gasteiger partial charge in [-0.15, -0.1) is 0 Å². The smallest absolute Gasteiger partial charge is 0.138 e. The van der Waals surface area contributed by atoms with Crippen LogP contribution in [0.25, 0.3) is 0 Å². The molecule has 5 heteroatoms. The van der Waals surface area contributed by atoms with E-state index in [-0.39, 0.29) is 12.2 Å². The first-order valence-electron chi connectivity index (χ1n) is 6.39. The second-order valence-corrected chi connectivity index (χ2v) is 5.62. The first kappa shape index (κ1) is 14.6. The van der Waals surface area contributed by atoms with E-state index in [0.717, 1.165) is 31.2 Å². The molecule has 2 atom stereocenters. The van der Waals surface area contributed by atoms with Gasteiger partial charge in [0.15, 0.2) is 0 Å². The molecule has 104 valence electrons. The molecule has 1 aliphatic carbocycles. The predicted molar refractivity (Wildman–Crippen MR) is 81.0 cm³/mol. The van der Waals surface area contributed by atoms with Gasteiger partial charge in [0.2, 0.25) is 0 Å². The number of rotatable bonds is 4. The molecule has 0 amide bonds. The van der Waals surface area contributed by atoms with E-state index in [2.05, 4.69) is 0 Å². The molecule has 1 aromatic rings. The van der Waals surface area contributed by atoms with Crippen LogP contribution in [-0.2, 0) is 4.74 Å². The van der Waals surface area contributed by atoms with Crippen LogP contribution in [0, 0.1) is 0 Å². The van der Waals surface area contributed by atoms with Gasteiger partial charge in [0.25, 0.3) is 0 Å². The number of halogens is 1. The Morgan fingerprint density at radius 2 is 2.11 bits per heavy atom. The molecule has 2 rings (SSSR count). The molecule has 1 aliphatic rings. The van der Waals surface area contributed by atoms with Gasteiger partial charge >= 0.3 is 0 Å². The van der Waals surface area contributed by atoms with E-state index in [1.54, 1.807) is 13.2 Å². The van der Waals surface area contributed by atoms with E-state index in [4.69, 9.17) is 39.0 Å². The van der Waals surface area contributed by atoms with Crippen LogP contribution < -0.4 is 10.5 Å². The topological polar surface area (TPSA) is 44.5 Å². The maximum Gasteiger partial charge on any atom is 0.138 e. The Hall–Kier alpha value is -0.840. The molecule has 0 heterocycles. The maximum absolute atomic E-state index is 6.19. The van der Waals surface area contributed by atoms with E-state index in [0.29, 0.717) is 15.8 Å². The van der Waals surface area contributed by atoms with Crippen molar-refractivity contribution >= 4 is 28.8 Å². The summed E-state index contributed by atoms with van der Waals surface area (Å²) in [5.41, 5.74) is 6.32. The fourth-order valence-corrected chi connectivity index (χ4v) is 2.70. The lowest BCUT2D eigenvalue weighted by atomic mass is 9.95. The van der Waals surface area contributed by atoms with Gasteiger partial charge in [-0.1, -0.05) is 23.8 Å². The average Bonchev–Trinajstić information content (AvgIpc) is 2.41. The van der Waals surface area contributed by atoms with E-state index in [1.165, 1.54) is 0 Å². The lowest BCUT2D eigenvalue weighted by molar-refractivity contribution is 0.0210. The lowest BCUT2D eigenvalue weighted by Gasteiger charge is -2.29. The highest BCUT2D eigenvalue weighted by Gasteiger charge is 2.23. The van der Waals surface area contributed by atoms with Gasteiger partial charge in [0.05, 0.1) is 11.1 Å². The zero-order chi connectivity index (χ0) is 13.8. The molecular formula is C14H18ClNO2S. The molecule has 0 aliphatic heterocycles. The summed E-state index contributed by atoms with van der Waals surface area (Å²) in [5.74, 6) is 0.684. The molecule has 3 nitrogen and oxygen atoms in total. The minimum atomic E-state index is 0.159. The highest BCUT2D eigenvalue weighted by atomic mass is 35.5. The van der Waals surface area contributed by atoms with E-state index in [1.807, 2.05) is 12.1 Å². The highest BCUT2D eigenvalue weighted by Crippen LogP contribution is 2.30. The molecule has 0 bridgehead atoms. The first-order valence-corrected chi connectivity index (χ1v) is 7.17. The zero-order valence-electron chi connectivity index (χ0n) is 10.9. The summed E-state index contributed by atoms with van der Waals surface area (Å²) in [6.45, 7) is 0.